The first kappa shape index (κ1) is 34.6. The molecule has 7 aromatic carbocycles. The Kier molecular flexibility index (Phi) is 10.3. The lowest BCUT2D eigenvalue weighted by Crippen LogP contribution is -2.26. The van der Waals surface area contributed by atoms with Gasteiger partial charge in [-0.1, -0.05) is 164 Å². The summed E-state index contributed by atoms with van der Waals surface area (Å²) in [4.78, 5) is 6.98. The second-order valence-electron chi connectivity index (χ2n) is 13.7. The Morgan fingerprint density at radius 3 is 1.74 bits per heavy atom. The maximum atomic E-state index is 4.82. The maximum absolute atomic E-state index is 4.82. The third-order valence-corrected chi connectivity index (χ3v) is 10.2. The Hall–Kier alpha value is -6.51. The minimum atomic E-state index is 0.888. The summed E-state index contributed by atoms with van der Waals surface area (Å²) in [7, 11) is 1.87. The van der Waals surface area contributed by atoms with E-state index in [9.17, 15) is 0 Å². The van der Waals surface area contributed by atoms with Gasteiger partial charge in [-0.05, 0) is 117 Å². The van der Waals surface area contributed by atoms with Gasteiger partial charge in [-0.15, -0.1) is 0 Å². The number of fused-ring (bicyclic) bond motifs is 1. The Morgan fingerprint density at radius 2 is 1.11 bits per heavy atom. The predicted molar refractivity (Wildman–Crippen MR) is 233 cm³/mol. The Labute approximate surface area is 319 Å². The molecule has 0 heterocycles. The molecule has 8 rings (SSSR count). The zero-order chi connectivity index (χ0) is 36.7. The molecular weight excluding hydrogens is 653 g/mol. The van der Waals surface area contributed by atoms with Crippen LogP contribution in [0.2, 0.25) is 0 Å². The first-order valence-electron chi connectivity index (χ1n) is 19.0. The summed E-state index contributed by atoms with van der Waals surface area (Å²) >= 11 is 0. The summed E-state index contributed by atoms with van der Waals surface area (Å²) in [6.45, 7) is 2.04. The lowest BCUT2D eigenvalue weighted by molar-refractivity contribution is 0.876. The molecule has 0 radical (unpaired) electrons. The van der Waals surface area contributed by atoms with Crippen molar-refractivity contribution in [3.63, 3.8) is 0 Å². The van der Waals surface area contributed by atoms with Crippen LogP contribution in [-0.2, 0) is 0 Å². The standard InChI is InChI=1S/C52H44N2/c1-3-35-54(45-31-18-9-19-32-45)52(53-2)44-30-20-29-42(36-44)43-33-34-46-47(37-43)49(39-23-14-7-15-24-39)51(41-27-16-8-17-28-41)50(40-25-10-4-5-11-26-40)48(46)38-21-12-6-13-22-38/h3,6-10,12-37H,4-5,11H2,1-2H3/b35-3+,53-52?. The third kappa shape index (κ3) is 6.87. The van der Waals surface area contributed by atoms with Gasteiger partial charge in [0.2, 0.25) is 0 Å². The van der Waals surface area contributed by atoms with Crippen molar-refractivity contribution in [2.75, 3.05) is 11.9 Å². The molecule has 0 saturated heterocycles. The number of anilines is 1. The fourth-order valence-electron chi connectivity index (χ4n) is 7.85. The molecule has 0 atom stereocenters. The van der Waals surface area contributed by atoms with Gasteiger partial charge in [0, 0.05) is 24.5 Å². The monoisotopic (exact) mass is 696 g/mol. The number of nitrogens with zero attached hydrogens (tertiary/aromatic N) is 2. The van der Waals surface area contributed by atoms with Crippen LogP contribution in [0, 0.1) is 0 Å². The van der Waals surface area contributed by atoms with Gasteiger partial charge in [0.15, 0.2) is 0 Å². The van der Waals surface area contributed by atoms with Crippen LogP contribution in [-0.4, -0.2) is 12.9 Å². The van der Waals surface area contributed by atoms with E-state index in [1.807, 2.05) is 20.0 Å². The van der Waals surface area contributed by atoms with E-state index in [1.54, 1.807) is 0 Å². The van der Waals surface area contributed by atoms with E-state index in [4.69, 9.17) is 4.99 Å². The summed E-state index contributed by atoms with van der Waals surface area (Å²) in [5.41, 5.74) is 14.4. The molecule has 0 saturated carbocycles. The van der Waals surface area contributed by atoms with E-state index in [-0.39, 0.29) is 0 Å². The molecule has 2 heteroatoms. The summed E-state index contributed by atoms with van der Waals surface area (Å²) in [5, 5.41) is 2.47. The van der Waals surface area contributed by atoms with Gasteiger partial charge in [-0.25, -0.2) is 0 Å². The predicted octanol–water partition coefficient (Wildman–Crippen LogP) is 14.0. The van der Waals surface area contributed by atoms with Crippen molar-refractivity contribution in [2.45, 2.75) is 26.2 Å². The van der Waals surface area contributed by atoms with Crippen LogP contribution in [0.5, 0.6) is 0 Å². The molecular formula is C52H44N2. The van der Waals surface area contributed by atoms with Crippen LogP contribution in [0.15, 0.2) is 199 Å². The molecule has 2 nitrogen and oxygen atoms in total. The van der Waals surface area contributed by atoms with Gasteiger partial charge in [0.25, 0.3) is 0 Å². The van der Waals surface area contributed by atoms with E-state index in [0.717, 1.165) is 47.5 Å². The molecule has 0 bridgehead atoms. The molecule has 0 amide bonds. The van der Waals surface area contributed by atoms with Crippen molar-refractivity contribution < 1.29 is 0 Å². The van der Waals surface area contributed by atoms with Gasteiger partial charge >= 0.3 is 0 Å². The lowest BCUT2D eigenvalue weighted by Gasteiger charge is -2.25. The maximum Gasteiger partial charge on any atom is 0.139 e. The molecule has 262 valence electrons. The minimum Gasteiger partial charge on any atom is -0.302 e. The molecule has 0 fully saturated rings. The van der Waals surface area contributed by atoms with Gasteiger partial charge in [0.1, 0.15) is 5.84 Å². The van der Waals surface area contributed by atoms with Crippen molar-refractivity contribution in [2.24, 2.45) is 4.99 Å². The van der Waals surface area contributed by atoms with E-state index in [1.165, 1.54) is 55.3 Å². The first-order valence-corrected chi connectivity index (χ1v) is 19.0. The topological polar surface area (TPSA) is 15.6 Å². The quantitative estimate of drug-likeness (QED) is 0.114. The fourth-order valence-corrected chi connectivity index (χ4v) is 7.85. The van der Waals surface area contributed by atoms with Crippen molar-refractivity contribution in [3.05, 3.63) is 205 Å². The van der Waals surface area contributed by atoms with Crippen LogP contribution in [0.25, 0.3) is 60.9 Å². The van der Waals surface area contributed by atoms with Gasteiger partial charge in [-0.3, -0.25) is 4.99 Å². The Balaban J connectivity index is 1.43. The van der Waals surface area contributed by atoms with Gasteiger partial charge in [0.05, 0.1) is 0 Å². The molecule has 0 spiro atoms. The van der Waals surface area contributed by atoms with Crippen LogP contribution in [0.3, 0.4) is 0 Å². The minimum absolute atomic E-state index is 0.888. The van der Waals surface area contributed by atoms with Crippen LogP contribution in [0.1, 0.15) is 37.3 Å². The van der Waals surface area contributed by atoms with E-state index >= 15 is 0 Å². The molecule has 0 unspecified atom stereocenters. The number of para-hydroxylation sites is 1. The van der Waals surface area contributed by atoms with Crippen LogP contribution in [0.4, 0.5) is 5.69 Å². The van der Waals surface area contributed by atoms with Crippen LogP contribution < -0.4 is 4.90 Å². The lowest BCUT2D eigenvalue weighted by atomic mass is 9.78. The van der Waals surface area contributed by atoms with Crippen molar-refractivity contribution in [1.82, 2.24) is 0 Å². The Bertz CT molecular complexity index is 2510. The number of hydrogen-bond acceptors (Lipinski definition) is 1. The zero-order valence-corrected chi connectivity index (χ0v) is 31.0. The largest absolute Gasteiger partial charge is 0.302 e. The molecule has 1 aliphatic rings. The Morgan fingerprint density at radius 1 is 0.537 bits per heavy atom. The van der Waals surface area contributed by atoms with Crippen molar-refractivity contribution in [3.8, 4) is 44.5 Å². The summed E-state index contributed by atoms with van der Waals surface area (Å²) in [6.07, 6.45) is 14.6. The smallest absolute Gasteiger partial charge is 0.139 e. The molecule has 0 aromatic heterocycles. The van der Waals surface area contributed by atoms with Gasteiger partial charge in [-0.2, -0.15) is 0 Å². The highest BCUT2D eigenvalue weighted by atomic mass is 15.2. The second-order valence-corrected chi connectivity index (χ2v) is 13.7. The summed E-state index contributed by atoms with van der Waals surface area (Å²) in [5.74, 6) is 0.888. The zero-order valence-electron chi connectivity index (χ0n) is 31.0. The number of benzene rings is 7. The van der Waals surface area contributed by atoms with Gasteiger partial charge < -0.3 is 4.90 Å². The van der Waals surface area contributed by atoms with E-state index < -0.39 is 0 Å². The number of amidine groups is 1. The van der Waals surface area contributed by atoms with E-state index in [0.29, 0.717) is 0 Å². The number of aliphatic imine (C=N–C) groups is 1. The first-order chi connectivity index (χ1) is 26.7. The normalized spacial score (nSPS) is 13.2. The fraction of sp³-hybridized carbons (Fsp3) is 0.0962. The highest BCUT2D eigenvalue weighted by Gasteiger charge is 2.25. The number of allylic oxidation sites excluding steroid dienone is 5. The van der Waals surface area contributed by atoms with Crippen molar-refractivity contribution in [1.29, 1.82) is 0 Å². The average Bonchev–Trinajstić information content (AvgIpc) is 3.54. The highest BCUT2D eigenvalue weighted by Crippen LogP contribution is 2.50. The average molecular weight is 697 g/mol. The highest BCUT2D eigenvalue weighted by molar-refractivity contribution is 6.17. The third-order valence-electron chi connectivity index (χ3n) is 10.2. The summed E-state index contributed by atoms with van der Waals surface area (Å²) in [6, 6.07) is 59.2. The number of rotatable bonds is 8. The van der Waals surface area contributed by atoms with Crippen molar-refractivity contribution >= 4 is 27.9 Å². The second kappa shape index (κ2) is 16.0. The molecule has 54 heavy (non-hydrogen) atoms. The molecule has 0 N–H and O–H groups in total. The number of hydrogen-bond donors (Lipinski definition) is 0. The summed E-state index contributed by atoms with van der Waals surface area (Å²) < 4.78 is 0. The molecule has 0 aliphatic heterocycles. The van der Waals surface area contributed by atoms with E-state index in [2.05, 4.69) is 193 Å². The molecule has 1 aliphatic carbocycles. The SMILES string of the molecule is C/C=C/N(C(=NC)c1cccc(-c2ccc3c(-c4ccccc4)c(C4=CCCCC=C4)c(-c4ccccc4)c(-c4ccccc4)c3c2)c1)c1ccccc1. The molecule has 7 aromatic rings. The van der Waals surface area contributed by atoms with Crippen LogP contribution >= 0.6 is 0 Å².